The Bertz CT molecular complexity index is 3160. The summed E-state index contributed by atoms with van der Waals surface area (Å²) in [4.78, 5) is 78.1. The number of nitrogens with one attached hydrogen (secondary N) is 4. The molecule has 3 aromatic heterocycles. The van der Waals surface area contributed by atoms with Crippen LogP contribution < -0.4 is 16.6 Å². The van der Waals surface area contributed by atoms with E-state index in [4.69, 9.17) is 9.97 Å². The molecule has 0 saturated heterocycles. The quantitative estimate of drug-likeness (QED) is 0.0825. The van der Waals surface area contributed by atoms with Crippen molar-refractivity contribution in [1.82, 2.24) is 44.8 Å². The number of carboxylic acids is 1. The lowest BCUT2D eigenvalue weighted by atomic mass is 9.98. The van der Waals surface area contributed by atoms with Crippen LogP contribution in [0.1, 0.15) is 84.6 Å². The van der Waals surface area contributed by atoms with Crippen LogP contribution in [-0.4, -0.2) is 63.0 Å². The van der Waals surface area contributed by atoms with Crippen LogP contribution in [0.4, 0.5) is 0 Å². The largest absolute Gasteiger partial charge is 0.481 e. The van der Waals surface area contributed by atoms with Crippen LogP contribution >= 0.6 is 0 Å². The number of amides is 1. The molecule has 0 atom stereocenters. The minimum absolute atomic E-state index is 0.0353. The molecule has 7 heterocycles. The number of H-pyrrole nitrogens is 3. The summed E-state index contributed by atoms with van der Waals surface area (Å²) in [6, 6.07) is 15.2. The van der Waals surface area contributed by atoms with Gasteiger partial charge in [0, 0.05) is 59.1 Å². The van der Waals surface area contributed by atoms with Crippen LogP contribution in [0.15, 0.2) is 71.3 Å². The molecule has 60 heavy (non-hydrogen) atoms. The predicted octanol–water partition coefficient (Wildman–Crippen LogP) is 7.44. The third kappa shape index (κ3) is 7.16. The Morgan fingerprint density at radius 3 is 1.95 bits per heavy atom. The van der Waals surface area contributed by atoms with E-state index in [1.54, 1.807) is 16.7 Å². The number of aromatic amines is 3. The van der Waals surface area contributed by atoms with Crippen LogP contribution in [0.2, 0.25) is 0 Å². The summed E-state index contributed by atoms with van der Waals surface area (Å²) in [6.07, 6.45) is 4.35. The van der Waals surface area contributed by atoms with Crippen LogP contribution in [0.3, 0.4) is 0 Å². The molecule has 14 heteroatoms. The highest BCUT2D eigenvalue weighted by molar-refractivity contribution is 5.97. The molecule has 1 amide bonds. The molecule has 4 aliphatic rings. The van der Waals surface area contributed by atoms with Crippen LogP contribution in [-0.2, 0) is 16.1 Å². The van der Waals surface area contributed by atoms with Gasteiger partial charge in [-0.25, -0.2) is 19.7 Å². The smallest absolute Gasteiger partial charge is 0.349 e. The Morgan fingerprint density at radius 1 is 0.733 bits per heavy atom. The van der Waals surface area contributed by atoms with Gasteiger partial charge in [-0.3, -0.25) is 19.4 Å². The number of aliphatic carboxylic acids is 1. The average Bonchev–Trinajstić information content (AvgIpc) is 3.88. The summed E-state index contributed by atoms with van der Waals surface area (Å²) in [5, 5.41) is 12.7. The SMILES string of the molecule is C=Cc1c(C)c2cc3[nH]c(cc4nc(cc5nc(cc1[nH]2)C(C)=C5CCC(=O)O)C(CCC(=O)NCCn1c2nc(=O)[nH]c(=O)c-2nc2ccccc21)=C4C)c(C)c3C=C. The van der Waals surface area contributed by atoms with E-state index in [2.05, 4.69) is 49.5 Å². The number of carbonyl (C=O) groups is 2. The van der Waals surface area contributed by atoms with Crippen LogP contribution in [0.25, 0.3) is 79.1 Å². The van der Waals surface area contributed by atoms with Crippen molar-refractivity contribution in [2.24, 2.45) is 0 Å². The van der Waals surface area contributed by atoms with Gasteiger partial charge in [-0.2, -0.15) is 4.98 Å². The molecule has 0 unspecified atom stereocenters. The van der Waals surface area contributed by atoms with Crippen molar-refractivity contribution in [2.45, 2.75) is 59.9 Å². The monoisotopic (exact) mass is 801 g/mol. The molecule has 8 bridgehead atoms. The molecular weight excluding hydrogens is 759 g/mol. The van der Waals surface area contributed by atoms with Gasteiger partial charge < -0.3 is 25.0 Å². The van der Waals surface area contributed by atoms with Crippen molar-refractivity contribution in [3.8, 4) is 11.5 Å². The highest BCUT2D eigenvalue weighted by atomic mass is 16.4. The molecule has 4 aromatic rings. The van der Waals surface area contributed by atoms with Gasteiger partial charge in [-0.05, 0) is 110 Å². The molecule has 4 aliphatic heterocycles. The standard InChI is InChI=1S/C46H43N9O5/c1-7-27-23(3)32-19-33-25(5)29(13-15-41(56)47-17-18-55-40-12-10-9-11-31(40)52-43-44(55)53-46(60)54-45(43)59)38(50-33)22-39-30(14-16-42(57)58)26(6)35(51-39)21-37-28(8-2)24(4)34(49-37)20-36(27)48-32/h7-12,19-22,48-49H,1-2,13-18H2,3-6H3,(H,47,56)(H,57,58)(H,54,59,60). The Labute approximate surface area is 343 Å². The van der Waals surface area contributed by atoms with Crippen LogP contribution in [0.5, 0.6) is 0 Å². The van der Waals surface area contributed by atoms with Crippen molar-refractivity contribution in [3.05, 3.63) is 128 Å². The van der Waals surface area contributed by atoms with Crippen molar-refractivity contribution in [1.29, 1.82) is 0 Å². The average molecular weight is 802 g/mol. The molecule has 0 radical (unpaired) electrons. The fraction of sp³-hybridized carbons (Fsp3) is 0.217. The maximum absolute atomic E-state index is 13.5. The van der Waals surface area contributed by atoms with Crippen LogP contribution in [0, 0.1) is 13.8 Å². The fourth-order valence-corrected chi connectivity index (χ4v) is 8.14. The zero-order chi connectivity index (χ0) is 42.4. The van der Waals surface area contributed by atoms with Crippen molar-refractivity contribution in [3.63, 3.8) is 0 Å². The van der Waals surface area contributed by atoms with E-state index in [0.717, 1.165) is 72.3 Å². The predicted molar refractivity (Wildman–Crippen MR) is 236 cm³/mol. The molecule has 0 aliphatic carbocycles. The zero-order valence-corrected chi connectivity index (χ0v) is 33.7. The first-order valence-corrected chi connectivity index (χ1v) is 19.6. The van der Waals surface area contributed by atoms with Gasteiger partial charge >= 0.3 is 11.7 Å². The summed E-state index contributed by atoms with van der Waals surface area (Å²) in [6.45, 7) is 16.6. The third-order valence-electron chi connectivity index (χ3n) is 11.4. The topological polar surface area (TPSA) is 204 Å². The van der Waals surface area contributed by atoms with Gasteiger partial charge in [0.05, 0.1) is 33.8 Å². The van der Waals surface area contributed by atoms with Gasteiger partial charge in [0.25, 0.3) is 5.56 Å². The summed E-state index contributed by atoms with van der Waals surface area (Å²) in [5.74, 6) is -0.981. The second-order valence-corrected chi connectivity index (χ2v) is 15.0. The molecule has 0 saturated carbocycles. The number of allylic oxidation sites excluding steroid dienone is 4. The first-order valence-electron chi connectivity index (χ1n) is 19.6. The molecule has 5 N–H and O–H groups in total. The molecule has 1 aromatic carbocycles. The third-order valence-corrected chi connectivity index (χ3v) is 11.4. The van der Waals surface area contributed by atoms with E-state index >= 15 is 0 Å². The second kappa shape index (κ2) is 15.7. The number of carbonyl (C=O) groups excluding carboxylic acids is 1. The highest BCUT2D eigenvalue weighted by Gasteiger charge is 2.24. The summed E-state index contributed by atoms with van der Waals surface area (Å²) in [5.41, 5.74) is 13.3. The van der Waals surface area contributed by atoms with Gasteiger partial charge in [-0.15, -0.1) is 0 Å². The Morgan fingerprint density at radius 2 is 1.32 bits per heavy atom. The summed E-state index contributed by atoms with van der Waals surface area (Å²) < 4.78 is 1.72. The minimum atomic E-state index is -0.909. The maximum Gasteiger partial charge on any atom is 0.349 e. The number of aryl methyl sites for hydroxylation is 2. The molecule has 8 rings (SSSR count). The zero-order valence-electron chi connectivity index (χ0n) is 33.7. The van der Waals surface area contributed by atoms with E-state index in [1.165, 1.54) is 0 Å². The second-order valence-electron chi connectivity index (χ2n) is 15.0. The van der Waals surface area contributed by atoms with Crippen molar-refractivity contribution >= 4 is 79.4 Å². The maximum atomic E-state index is 13.5. The molecule has 14 nitrogen and oxygen atoms in total. The van der Waals surface area contributed by atoms with Gasteiger partial charge in [0.2, 0.25) is 5.91 Å². The minimum Gasteiger partial charge on any atom is -0.481 e. The number of hydrogen-bond acceptors (Lipinski definition) is 8. The first-order chi connectivity index (χ1) is 28.8. The summed E-state index contributed by atoms with van der Waals surface area (Å²) in [7, 11) is 0. The number of hydrogen-bond donors (Lipinski definition) is 5. The highest BCUT2D eigenvalue weighted by Crippen LogP contribution is 2.38. The van der Waals surface area contributed by atoms with E-state index in [-0.39, 0.29) is 49.8 Å². The lowest BCUT2D eigenvalue weighted by molar-refractivity contribution is -0.136. The number of fused-ring (bicyclic) bond motifs is 10. The lowest BCUT2D eigenvalue weighted by Gasteiger charge is -2.16. The summed E-state index contributed by atoms with van der Waals surface area (Å²) >= 11 is 0. The first kappa shape index (κ1) is 39.4. The number of aromatic nitrogens is 8. The van der Waals surface area contributed by atoms with E-state index in [9.17, 15) is 24.3 Å². The van der Waals surface area contributed by atoms with E-state index < -0.39 is 17.2 Å². The molecule has 0 spiro atoms. The number of rotatable bonds is 11. The number of benzene rings is 1. The van der Waals surface area contributed by atoms with E-state index in [0.29, 0.717) is 34.5 Å². The van der Waals surface area contributed by atoms with E-state index in [1.807, 2.05) is 70.2 Å². The molecule has 302 valence electrons. The van der Waals surface area contributed by atoms with Gasteiger partial charge in [0.1, 0.15) is 0 Å². The Kier molecular flexibility index (Phi) is 10.3. The Hall–Kier alpha value is -7.48. The number of para-hydroxylation sites is 2. The number of carboxylic acid groups (broad SMARTS) is 1. The van der Waals surface area contributed by atoms with Gasteiger partial charge in [0.15, 0.2) is 11.5 Å². The van der Waals surface area contributed by atoms with Crippen molar-refractivity contribution < 1.29 is 14.7 Å². The number of nitrogens with zero attached hydrogens (tertiary/aromatic N) is 5. The normalized spacial score (nSPS) is 12.7. The molecule has 0 fully saturated rings. The lowest BCUT2D eigenvalue weighted by Crippen LogP contribution is -2.31. The fourth-order valence-electron chi connectivity index (χ4n) is 8.14. The van der Waals surface area contributed by atoms with Gasteiger partial charge in [-0.1, -0.05) is 37.4 Å². The Balaban J connectivity index is 1.18. The van der Waals surface area contributed by atoms with Crippen molar-refractivity contribution in [2.75, 3.05) is 6.54 Å². The molecular formula is C46H43N9O5.